The minimum absolute atomic E-state index is 0.0710. The molecule has 0 aliphatic rings. The van der Waals surface area contributed by atoms with Crippen molar-refractivity contribution in [1.82, 2.24) is 19.7 Å². The fourth-order valence-corrected chi connectivity index (χ4v) is 1.54. The molecular weight excluding hydrogens is 250 g/mol. The predicted octanol–water partition coefficient (Wildman–Crippen LogP) is 0.650. The molecule has 0 bridgehead atoms. The Morgan fingerprint density at radius 1 is 1.53 bits per heavy atom. The number of hydrogen-bond donors (Lipinski definition) is 2. The molecule has 2 aromatic rings. The normalized spacial score (nSPS) is 10.4. The van der Waals surface area contributed by atoms with Crippen molar-refractivity contribution < 1.29 is 14.6 Å². The van der Waals surface area contributed by atoms with Crippen molar-refractivity contribution in [2.24, 2.45) is 0 Å². The molecule has 0 atom stereocenters. The topological polar surface area (TPSA) is 116 Å². The van der Waals surface area contributed by atoms with Crippen molar-refractivity contribution >= 4 is 11.7 Å². The third-order valence-corrected chi connectivity index (χ3v) is 2.27. The quantitative estimate of drug-likeness (QED) is 0.831. The van der Waals surface area contributed by atoms with Gasteiger partial charge in [-0.15, -0.1) is 0 Å². The zero-order chi connectivity index (χ0) is 14.0. The van der Waals surface area contributed by atoms with E-state index >= 15 is 0 Å². The maximum atomic E-state index is 10.9. The van der Waals surface area contributed by atoms with Crippen molar-refractivity contribution in [3.05, 3.63) is 23.8 Å². The average Bonchev–Trinajstić information content (AvgIpc) is 2.71. The van der Waals surface area contributed by atoms with Crippen LogP contribution in [0, 0.1) is 6.92 Å². The molecule has 0 saturated carbocycles. The van der Waals surface area contributed by atoms with Gasteiger partial charge in [-0.05, 0) is 13.8 Å². The second-order valence-electron chi connectivity index (χ2n) is 3.73. The van der Waals surface area contributed by atoms with E-state index in [9.17, 15) is 4.79 Å². The Morgan fingerprint density at radius 2 is 2.26 bits per heavy atom. The Bertz CT molecular complexity index is 623. The summed E-state index contributed by atoms with van der Waals surface area (Å²) in [5, 5.41) is 12.8. The molecule has 0 amide bonds. The summed E-state index contributed by atoms with van der Waals surface area (Å²) in [4.78, 5) is 19.1. The summed E-state index contributed by atoms with van der Waals surface area (Å²) in [7, 11) is 0. The van der Waals surface area contributed by atoms with Crippen LogP contribution in [0.3, 0.4) is 0 Å². The van der Waals surface area contributed by atoms with Crippen LogP contribution >= 0.6 is 0 Å². The number of ether oxygens (including phenoxy) is 1. The first-order valence-corrected chi connectivity index (χ1v) is 5.58. The summed E-state index contributed by atoms with van der Waals surface area (Å²) in [5.41, 5.74) is 5.43. The van der Waals surface area contributed by atoms with Crippen molar-refractivity contribution in [3.63, 3.8) is 0 Å². The average molecular weight is 263 g/mol. The van der Waals surface area contributed by atoms with E-state index in [1.807, 2.05) is 6.92 Å². The smallest absolute Gasteiger partial charge is 0.358 e. The highest BCUT2D eigenvalue weighted by atomic mass is 16.5. The first-order valence-electron chi connectivity index (χ1n) is 5.58. The van der Waals surface area contributed by atoms with Crippen LogP contribution in [0.25, 0.3) is 5.82 Å². The number of nitrogens with zero attached hydrogens (tertiary/aromatic N) is 4. The minimum Gasteiger partial charge on any atom is -0.478 e. The lowest BCUT2D eigenvalue weighted by atomic mass is 10.4. The molecule has 8 nitrogen and oxygen atoms in total. The summed E-state index contributed by atoms with van der Waals surface area (Å²) in [6, 6.07) is 1.56. The third kappa shape index (κ3) is 2.62. The number of aromatic carboxylic acids is 1. The number of hydrogen-bond acceptors (Lipinski definition) is 6. The van der Waals surface area contributed by atoms with E-state index < -0.39 is 5.97 Å². The SMILES string of the molecule is CCOc1cc(-n2cc(N)c(C(=O)O)n2)nc(C)n1. The molecule has 2 rings (SSSR count). The predicted molar refractivity (Wildman–Crippen MR) is 66.4 cm³/mol. The summed E-state index contributed by atoms with van der Waals surface area (Å²) < 4.78 is 6.58. The number of carboxylic acid groups (broad SMARTS) is 1. The van der Waals surface area contributed by atoms with Crippen LogP contribution in [-0.4, -0.2) is 37.4 Å². The summed E-state index contributed by atoms with van der Waals surface area (Å²) in [5.74, 6) is 0.102. The van der Waals surface area contributed by atoms with Gasteiger partial charge in [0.2, 0.25) is 5.88 Å². The molecule has 0 unspecified atom stereocenters. The van der Waals surface area contributed by atoms with Crippen molar-refractivity contribution in [2.45, 2.75) is 13.8 Å². The molecule has 0 radical (unpaired) electrons. The van der Waals surface area contributed by atoms with Gasteiger partial charge in [-0.2, -0.15) is 10.1 Å². The van der Waals surface area contributed by atoms with Crippen LogP contribution in [0.1, 0.15) is 23.2 Å². The first-order chi connectivity index (χ1) is 9.01. The van der Waals surface area contributed by atoms with Crippen LogP contribution < -0.4 is 10.5 Å². The fraction of sp³-hybridized carbons (Fsp3) is 0.273. The van der Waals surface area contributed by atoms with E-state index in [4.69, 9.17) is 15.6 Å². The van der Waals surface area contributed by atoms with E-state index in [0.717, 1.165) is 0 Å². The Hall–Kier alpha value is -2.64. The highest BCUT2D eigenvalue weighted by Crippen LogP contribution is 2.16. The van der Waals surface area contributed by atoms with Crippen molar-refractivity contribution in [2.75, 3.05) is 12.3 Å². The van der Waals surface area contributed by atoms with Gasteiger partial charge >= 0.3 is 5.97 Å². The third-order valence-electron chi connectivity index (χ3n) is 2.27. The van der Waals surface area contributed by atoms with E-state index in [1.165, 1.54) is 10.9 Å². The Kier molecular flexibility index (Phi) is 3.32. The van der Waals surface area contributed by atoms with Crippen LogP contribution in [0.15, 0.2) is 12.3 Å². The summed E-state index contributed by atoms with van der Waals surface area (Å²) in [6.07, 6.45) is 1.39. The van der Waals surface area contributed by atoms with E-state index in [0.29, 0.717) is 24.1 Å². The number of rotatable bonds is 4. The monoisotopic (exact) mass is 263 g/mol. The van der Waals surface area contributed by atoms with Crippen LogP contribution in [0.4, 0.5) is 5.69 Å². The lowest BCUT2D eigenvalue weighted by Gasteiger charge is -2.05. The van der Waals surface area contributed by atoms with Crippen LogP contribution in [0.5, 0.6) is 5.88 Å². The number of aryl methyl sites for hydroxylation is 1. The fourth-order valence-electron chi connectivity index (χ4n) is 1.54. The van der Waals surface area contributed by atoms with Gasteiger partial charge in [0.25, 0.3) is 0 Å². The van der Waals surface area contributed by atoms with Gasteiger partial charge in [0.15, 0.2) is 11.5 Å². The molecule has 0 aromatic carbocycles. The highest BCUT2D eigenvalue weighted by molar-refractivity contribution is 5.91. The number of aromatic nitrogens is 4. The Balaban J connectivity index is 2.46. The van der Waals surface area contributed by atoms with Gasteiger partial charge in [0.1, 0.15) is 5.82 Å². The molecule has 19 heavy (non-hydrogen) atoms. The molecule has 0 fully saturated rings. The zero-order valence-electron chi connectivity index (χ0n) is 10.5. The van der Waals surface area contributed by atoms with Gasteiger partial charge in [-0.1, -0.05) is 0 Å². The Morgan fingerprint density at radius 3 is 2.84 bits per heavy atom. The van der Waals surface area contributed by atoms with Crippen molar-refractivity contribution in [1.29, 1.82) is 0 Å². The number of carboxylic acids is 1. The number of anilines is 1. The van der Waals surface area contributed by atoms with E-state index in [-0.39, 0.29) is 11.4 Å². The summed E-state index contributed by atoms with van der Waals surface area (Å²) in [6.45, 7) is 4.01. The molecule has 0 spiro atoms. The van der Waals surface area contributed by atoms with Gasteiger partial charge in [0, 0.05) is 6.07 Å². The maximum absolute atomic E-state index is 10.9. The molecule has 0 saturated heterocycles. The number of nitrogens with two attached hydrogens (primary N) is 1. The second kappa shape index (κ2) is 4.92. The van der Waals surface area contributed by atoms with E-state index in [1.54, 1.807) is 13.0 Å². The van der Waals surface area contributed by atoms with E-state index in [2.05, 4.69) is 15.1 Å². The van der Waals surface area contributed by atoms with Gasteiger partial charge in [-0.25, -0.2) is 14.5 Å². The number of carbonyl (C=O) groups is 1. The largest absolute Gasteiger partial charge is 0.478 e. The van der Waals surface area contributed by atoms with Gasteiger partial charge < -0.3 is 15.6 Å². The second-order valence-corrected chi connectivity index (χ2v) is 3.73. The van der Waals surface area contributed by atoms with Gasteiger partial charge in [0.05, 0.1) is 18.5 Å². The minimum atomic E-state index is -1.19. The molecule has 0 aliphatic carbocycles. The molecule has 2 heterocycles. The Labute approximate surface area is 108 Å². The zero-order valence-corrected chi connectivity index (χ0v) is 10.5. The molecular formula is C11H13N5O3. The van der Waals surface area contributed by atoms with Crippen LogP contribution in [0.2, 0.25) is 0 Å². The highest BCUT2D eigenvalue weighted by Gasteiger charge is 2.15. The molecule has 8 heteroatoms. The first kappa shape index (κ1) is 12.8. The molecule has 2 aromatic heterocycles. The van der Waals surface area contributed by atoms with Crippen LogP contribution in [-0.2, 0) is 0 Å². The van der Waals surface area contributed by atoms with Gasteiger partial charge in [-0.3, -0.25) is 0 Å². The summed E-state index contributed by atoms with van der Waals surface area (Å²) >= 11 is 0. The maximum Gasteiger partial charge on any atom is 0.358 e. The lowest BCUT2D eigenvalue weighted by molar-refractivity contribution is 0.0691. The standard InChI is InChI=1S/C11H13N5O3/c1-3-19-9-4-8(13-6(2)14-9)16-5-7(12)10(15-16)11(17)18/h4-5H,3,12H2,1-2H3,(H,17,18). The lowest BCUT2D eigenvalue weighted by Crippen LogP contribution is -2.06. The van der Waals surface area contributed by atoms with Crippen molar-refractivity contribution in [3.8, 4) is 11.7 Å². The molecule has 100 valence electrons. The molecule has 3 N–H and O–H groups in total. The molecule has 0 aliphatic heterocycles. The number of nitrogen functional groups attached to an aromatic ring is 1.